The molecule has 9 heteroatoms. The van der Waals surface area contributed by atoms with Crippen LogP contribution in [0.15, 0.2) is 12.1 Å². The number of rotatable bonds is 3. The first-order chi connectivity index (χ1) is 10.9. The highest BCUT2D eigenvalue weighted by Gasteiger charge is 2.52. The van der Waals surface area contributed by atoms with Crippen LogP contribution in [-0.4, -0.2) is 35.9 Å². The molecule has 24 heavy (non-hydrogen) atoms. The summed E-state index contributed by atoms with van der Waals surface area (Å²) in [5, 5.41) is 0. The zero-order chi connectivity index (χ0) is 18.3. The molecule has 1 aromatic heterocycles. The summed E-state index contributed by atoms with van der Waals surface area (Å²) in [6.07, 6.45) is -4.71. The predicted octanol–water partition coefficient (Wildman–Crippen LogP) is 2.58. The molecule has 0 radical (unpaired) electrons. The number of ether oxygens (including phenoxy) is 1. The number of hydrogen-bond donors (Lipinski definition) is 0. The van der Waals surface area contributed by atoms with E-state index >= 15 is 0 Å². The van der Waals surface area contributed by atoms with Crippen LogP contribution < -0.4 is 5.46 Å². The van der Waals surface area contributed by atoms with E-state index in [1.165, 1.54) is 6.07 Å². The zero-order valence-electron chi connectivity index (χ0n) is 14.2. The van der Waals surface area contributed by atoms with Gasteiger partial charge in [-0.15, -0.1) is 0 Å². The lowest BCUT2D eigenvalue weighted by Crippen LogP contribution is -2.41. The van der Waals surface area contributed by atoms with E-state index in [0.29, 0.717) is 0 Å². The Morgan fingerprint density at radius 3 is 2.21 bits per heavy atom. The van der Waals surface area contributed by atoms with Crippen LogP contribution >= 0.6 is 0 Å². The minimum atomic E-state index is -4.71. The molecule has 132 valence electrons. The fourth-order valence-corrected chi connectivity index (χ4v) is 2.12. The van der Waals surface area contributed by atoms with Crippen molar-refractivity contribution < 1.29 is 32.0 Å². The topological polar surface area (TPSA) is 57.7 Å². The van der Waals surface area contributed by atoms with Gasteiger partial charge >= 0.3 is 19.3 Å². The van der Waals surface area contributed by atoms with Crippen molar-refractivity contribution in [3.05, 3.63) is 23.5 Å². The third-order valence-electron chi connectivity index (χ3n) is 4.15. The van der Waals surface area contributed by atoms with Crippen molar-refractivity contribution in [1.82, 2.24) is 4.98 Å². The smallest absolute Gasteiger partial charge is 0.461 e. The van der Waals surface area contributed by atoms with Crippen molar-refractivity contribution in [3.8, 4) is 0 Å². The predicted molar refractivity (Wildman–Crippen MR) is 80.9 cm³/mol. The molecule has 1 aromatic rings. The van der Waals surface area contributed by atoms with E-state index < -0.39 is 41.9 Å². The molecule has 0 spiro atoms. The van der Waals surface area contributed by atoms with E-state index in [1.807, 2.05) is 0 Å². The molecule has 1 aliphatic rings. The van der Waals surface area contributed by atoms with E-state index in [4.69, 9.17) is 14.0 Å². The molecule has 2 heterocycles. The third kappa shape index (κ3) is 3.56. The van der Waals surface area contributed by atoms with Gasteiger partial charge in [0.15, 0.2) is 0 Å². The molecular formula is C15H19BF3NO4. The van der Waals surface area contributed by atoms with E-state index in [9.17, 15) is 18.0 Å². The Morgan fingerprint density at radius 2 is 1.75 bits per heavy atom. The van der Waals surface area contributed by atoms with Gasteiger partial charge in [-0.25, -0.2) is 9.78 Å². The largest absolute Gasteiger partial charge is 0.494 e. The average Bonchev–Trinajstić information content (AvgIpc) is 2.66. The molecule has 0 bridgehead atoms. The second kappa shape index (κ2) is 6.04. The van der Waals surface area contributed by atoms with E-state index in [0.717, 1.165) is 6.07 Å². The van der Waals surface area contributed by atoms with Gasteiger partial charge in [0.25, 0.3) is 0 Å². The summed E-state index contributed by atoms with van der Waals surface area (Å²) in [5.74, 6) is -0.929. The Hall–Kier alpha value is -1.61. The zero-order valence-corrected chi connectivity index (χ0v) is 14.2. The van der Waals surface area contributed by atoms with Crippen LogP contribution in [0.1, 0.15) is 50.8 Å². The highest BCUT2D eigenvalue weighted by Crippen LogP contribution is 2.37. The Morgan fingerprint density at radius 1 is 1.21 bits per heavy atom. The lowest BCUT2D eigenvalue weighted by Gasteiger charge is -2.32. The minimum absolute atomic E-state index is 0.0303. The monoisotopic (exact) mass is 345 g/mol. The molecule has 1 fully saturated rings. The third-order valence-corrected chi connectivity index (χ3v) is 4.15. The lowest BCUT2D eigenvalue weighted by molar-refractivity contribution is -0.141. The first-order valence-electron chi connectivity index (χ1n) is 7.49. The quantitative estimate of drug-likeness (QED) is 0.623. The summed E-state index contributed by atoms with van der Waals surface area (Å²) in [4.78, 5) is 15.2. The van der Waals surface area contributed by atoms with Gasteiger partial charge in [-0.2, -0.15) is 13.2 Å². The molecular weight excluding hydrogens is 326 g/mol. The minimum Gasteiger partial charge on any atom is -0.461 e. The van der Waals surface area contributed by atoms with Crippen molar-refractivity contribution in [2.75, 3.05) is 6.61 Å². The Bertz CT molecular complexity index is 630. The number of carbonyl (C=O) groups excluding carboxylic acids is 1. The molecule has 0 N–H and O–H groups in total. The molecule has 5 nitrogen and oxygen atoms in total. The van der Waals surface area contributed by atoms with Crippen molar-refractivity contribution in [3.63, 3.8) is 0 Å². The normalized spacial score (nSPS) is 19.4. The number of pyridine rings is 1. The van der Waals surface area contributed by atoms with Gasteiger partial charge in [0.2, 0.25) is 0 Å². The van der Waals surface area contributed by atoms with E-state index in [-0.39, 0.29) is 12.1 Å². The maximum absolute atomic E-state index is 13.1. The van der Waals surface area contributed by atoms with Gasteiger partial charge in [0, 0.05) is 0 Å². The van der Waals surface area contributed by atoms with Gasteiger partial charge in [0.1, 0.15) is 11.4 Å². The fourth-order valence-electron chi connectivity index (χ4n) is 2.12. The summed E-state index contributed by atoms with van der Waals surface area (Å²) in [6.45, 7) is 8.72. The molecule has 0 amide bonds. The second-order valence-electron chi connectivity index (χ2n) is 6.48. The van der Waals surface area contributed by atoms with E-state index in [1.54, 1.807) is 34.6 Å². The van der Waals surface area contributed by atoms with Gasteiger partial charge in [-0.3, -0.25) is 0 Å². The molecule has 0 unspecified atom stereocenters. The molecule has 0 atom stereocenters. The molecule has 1 saturated heterocycles. The number of halogens is 3. The van der Waals surface area contributed by atoms with Crippen molar-refractivity contribution in [2.24, 2.45) is 0 Å². The van der Waals surface area contributed by atoms with Crippen molar-refractivity contribution in [2.45, 2.75) is 52.0 Å². The first-order valence-corrected chi connectivity index (χ1v) is 7.49. The van der Waals surface area contributed by atoms with Crippen LogP contribution in [0.25, 0.3) is 0 Å². The number of esters is 1. The molecule has 1 aliphatic heterocycles. The SMILES string of the molecule is CCOC(=O)c1cc(B2OC(C)(C)C(C)(C)O2)cc(C(F)(F)F)n1. The van der Waals surface area contributed by atoms with Gasteiger partial charge in [0.05, 0.1) is 17.8 Å². The number of nitrogens with zero attached hydrogens (tertiary/aromatic N) is 1. The average molecular weight is 345 g/mol. The molecule has 0 aliphatic carbocycles. The first kappa shape index (κ1) is 18.7. The summed E-state index contributed by atoms with van der Waals surface area (Å²) in [6, 6.07) is 2.03. The summed E-state index contributed by atoms with van der Waals surface area (Å²) in [5.41, 5.74) is -3.00. The maximum Gasteiger partial charge on any atom is 0.494 e. The van der Waals surface area contributed by atoms with Gasteiger partial charge in [-0.05, 0) is 52.2 Å². The Labute approximate surface area is 138 Å². The standard InChI is InChI=1S/C15H19BF3NO4/c1-6-22-12(21)10-7-9(8-11(20-10)15(17,18)19)16-23-13(2,3)14(4,5)24-16/h7-8H,6H2,1-5H3. The van der Waals surface area contributed by atoms with Crippen LogP contribution in [-0.2, 0) is 20.2 Å². The number of alkyl halides is 3. The van der Waals surface area contributed by atoms with Crippen LogP contribution in [0.5, 0.6) is 0 Å². The fraction of sp³-hybridized carbons (Fsp3) is 0.600. The summed E-state index contributed by atoms with van der Waals surface area (Å²) < 4.78 is 55.5. The Balaban J connectivity index is 2.47. The molecule has 0 aromatic carbocycles. The van der Waals surface area contributed by atoms with Crippen LogP contribution in [0.2, 0.25) is 0 Å². The number of carbonyl (C=O) groups is 1. The van der Waals surface area contributed by atoms with Gasteiger partial charge < -0.3 is 14.0 Å². The molecule has 2 rings (SSSR count). The van der Waals surface area contributed by atoms with Crippen molar-refractivity contribution >= 4 is 18.6 Å². The summed E-state index contributed by atoms with van der Waals surface area (Å²) in [7, 11) is -1.03. The second-order valence-corrected chi connectivity index (χ2v) is 6.48. The van der Waals surface area contributed by atoms with Crippen LogP contribution in [0.4, 0.5) is 13.2 Å². The maximum atomic E-state index is 13.1. The van der Waals surface area contributed by atoms with Gasteiger partial charge in [-0.1, -0.05) is 0 Å². The lowest BCUT2D eigenvalue weighted by atomic mass is 9.78. The Kier molecular flexibility index (Phi) is 4.71. The number of hydrogen-bond acceptors (Lipinski definition) is 5. The van der Waals surface area contributed by atoms with Crippen LogP contribution in [0, 0.1) is 0 Å². The summed E-state index contributed by atoms with van der Waals surface area (Å²) >= 11 is 0. The van der Waals surface area contributed by atoms with Crippen LogP contribution in [0.3, 0.4) is 0 Å². The number of aromatic nitrogens is 1. The van der Waals surface area contributed by atoms with E-state index in [2.05, 4.69) is 4.98 Å². The highest BCUT2D eigenvalue weighted by molar-refractivity contribution is 6.62. The highest BCUT2D eigenvalue weighted by atomic mass is 19.4. The molecule has 0 saturated carbocycles. The van der Waals surface area contributed by atoms with Crippen molar-refractivity contribution in [1.29, 1.82) is 0 Å².